The van der Waals surface area contributed by atoms with Crippen molar-refractivity contribution in [1.29, 1.82) is 0 Å². The number of H-pyrrole nitrogens is 1. The minimum absolute atomic E-state index is 0.0223. The zero-order valence-electron chi connectivity index (χ0n) is 24.0. The van der Waals surface area contributed by atoms with Crippen LogP contribution in [0, 0.1) is 5.41 Å². The van der Waals surface area contributed by atoms with Crippen molar-refractivity contribution >= 4 is 23.7 Å². The van der Waals surface area contributed by atoms with Gasteiger partial charge in [0.05, 0.1) is 11.1 Å². The molecule has 0 fully saturated rings. The summed E-state index contributed by atoms with van der Waals surface area (Å²) in [6, 6.07) is 15.8. The zero-order chi connectivity index (χ0) is 29.8. The van der Waals surface area contributed by atoms with Crippen molar-refractivity contribution in [2.75, 3.05) is 12.5 Å². The maximum absolute atomic E-state index is 13.1. The van der Waals surface area contributed by atoms with Gasteiger partial charge in [-0.1, -0.05) is 67.2 Å². The molecule has 0 bridgehead atoms. The van der Waals surface area contributed by atoms with Crippen LogP contribution in [0.15, 0.2) is 53.7 Å². The molecule has 2 aromatic carbocycles. The Hall–Kier alpha value is -4.03. The van der Waals surface area contributed by atoms with Crippen molar-refractivity contribution in [3.63, 3.8) is 0 Å². The minimum Gasteiger partial charge on any atom is -0.427 e. The third-order valence-electron chi connectivity index (χ3n) is 6.09. The molecule has 12 heteroatoms. The number of nitrogens with one attached hydrogen (secondary N) is 1. The van der Waals surface area contributed by atoms with Gasteiger partial charge in [0.1, 0.15) is 5.60 Å². The number of benzene rings is 2. The van der Waals surface area contributed by atoms with Crippen LogP contribution in [-0.2, 0) is 26.4 Å². The molecule has 0 unspecified atom stereocenters. The molecule has 4 rings (SSSR count). The van der Waals surface area contributed by atoms with E-state index in [1.807, 2.05) is 60.0 Å². The maximum Gasteiger partial charge on any atom is 0.361 e. The van der Waals surface area contributed by atoms with Crippen LogP contribution in [0.5, 0.6) is 0 Å². The standard InChI is InChI=1S/C29H34N6O5S/c1-7-41-27-30-22(25(36)39-17-40-26(37)28(2,3)4)23(29(5,6)38)35(27)16-18-12-14-19(15-13-18)20-10-8-9-11-21(20)24-31-33-34-32-24/h8-15,38H,7,16-17H2,1-6H3,(H,31,32,33,34). The maximum atomic E-state index is 13.1. The highest BCUT2D eigenvalue weighted by atomic mass is 32.2. The number of hydrogen-bond donors (Lipinski definition) is 2. The summed E-state index contributed by atoms with van der Waals surface area (Å²) in [6.45, 7) is 10.1. The molecule has 11 nitrogen and oxygen atoms in total. The molecule has 41 heavy (non-hydrogen) atoms. The smallest absolute Gasteiger partial charge is 0.361 e. The molecule has 0 spiro atoms. The van der Waals surface area contributed by atoms with Crippen molar-refractivity contribution < 1.29 is 24.2 Å². The Morgan fingerprint density at radius 1 is 1.00 bits per heavy atom. The second-order valence-electron chi connectivity index (χ2n) is 10.9. The summed E-state index contributed by atoms with van der Waals surface area (Å²) in [5, 5.41) is 26.1. The lowest BCUT2D eigenvalue weighted by atomic mass is 9.98. The quantitative estimate of drug-likeness (QED) is 0.153. The van der Waals surface area contributed by atoms with Crippen LogP contribution in [0.2, 0.25) is 0 Å². The van der Waals surface area contributed by atoms with E-state index in [0.29, 0.717) is 29.0 Å². The Balaban J connectivity index is 1.62. The Kier molecular flexibility index (Phi) is 8.93. The summed E-state index contributed by atoms with van der Waals surface area (Å²) in [7, 11) is 0. The number of aliphatic hydroxyl groups is 1. The second kappa shape index (κ2) is 12.2. The number of ether oxygens (including phenoxy) is 2. The van der Waals surface area contributed by atoms with E-state index in [9.17, 15) is 14.7 Å². The SMILES string of the molecule is CCSc1nc(C(=O)OCOC(=O)C(C)(C)C)c(C(C)(C)O)n1Cc1ccc(-c2ccccc2-c2nn[nH]n2)cc1. The molecule has 4 aromatic rings. The van der Waals surface area contributed by atoms with E-state index in [0.717, 1.165) is 22.3 Å². The van der Waals surface area contributed by atoms with E-state index in [-0.39, 0.29) is 5.69 Å². The number of imidazole rings is 1. The fourth-order valence-corrected chi connectivity index (χ4v) is 4.91. The van der Waals surface area contributed by atoms with Crippen LogP contribution >= 0.6 is 11.8 Å². The number of carbonyl (C=O) groups excluding carboxylic acids is 2. The number of thioether (sulfide) groups is 1. The predicted octanol–water partition coefficient (Wildman–Crippen LogP) is 4.82. The normalized spacial score (nSPS) is 11.9. The lowest BCUT2D eigenvalue weighted by Crippen LogP contribution is -2.27. The lowest BCUT2D eigenvalue weighted by molar-refractivity contribution is -0.161. The summed E-state index contributed by atoms with van der Waals surface area (Å²) >= 11 is 1.45. The average Bonchev–Trinajstić information content (AvgIpc) is 3.58. The molecule has 0 aliphatic heterocycles. The third kappa shape index (κ3) is 7.01. The van der Waals surface area contributed by atoms with Crippen LogP contribution in [-0.4, -0.2) is 59.8 Å². The van der Waals surface area contributed by atoms with Crippen LogP contribution in [0.3, 0.4) is 0 Å². The van der Waals surface area contributed by atoms with Gasteiger partial charge in [0, 0.05) is 12.1 Å². The van der Waals surface area contributed by atoms with Gasteiger partial charge < -0.3 is 19.1 Å². The Bertz CT molecular complexity index is 1500. The van der Waals surface area contributed by atoms with E-state index < -0.39 is 29.7 Å². The van der Waals surface area contributed by atoms with Crippen molar-refractivity contribution in [2.24, 2.45) is 5.41 Å². The van der Waals surface area contributed by atoms with Crippen molar-refractivity contribution in [3.8, 4) is 22.5 Å². The number of hydrogen-bond acceptors (Lipinski definition) is 10. The molecule has 0 aliphatic rings. The van der Waals surface area contributed by atoms with E-state index in [4.69, 9.17) is 9.47 Å². The molecular formula is C29H34N6O5S. The highest BCUT2D eigenvalue weighted by Crippen LogP contribution is 2.33. The van der Waals surface area contributed by atoms with Crippen molar-refractivity contribution in [3.05, 3.63) is 65.5 Å². The van der Waals surface area contributed by atoms with Gasteiger partial charge >= 0.3 is 11.9 Å². The zero-order valence-corrected chi connectivity index (χ0v) is 24.8. The first-order valence-electron chi connectivity index (χ1n) is 13.1. The molecule has 0 saturated carbocycles. The molecule has 0 atom stereocenters. The van der Waals surface area contributed by atoms with Gasteiger partial charge in [-0.25, -0.2) is 9.78 Å². The molecular weight excluding hydrogens is 544 g/mol. The first-order valence-corrected chi connectivity index (χ1v) is 14.1. The second-order valence-corrected chi connectivity index (χ2v) is 12.1. The van der Waals surface area contributed by atoms with Crippen LogP contribution < -0.4 is 0 Å². The monoisotopic (exact) mass is 578 g/mol. The summed E-state index contributed by atoms with van der Waals surface area (Å²) in [5.74, 6) is -0.0731. The van der Waals surface area contributed by atoms with Gasteiger partial charge in [0.15, 0.2) is 10.9 Å². The first kappa shape index (κ1) is 29.9. The molecule has 0 aliphatic carbocycles. The van der Waals surface area contributed by atoms with E-state index in [1.54, 1.807) is 34.6 Å². The van der Waals surface area contributed by atoms with Gasteiger partial charge in [-0.3, -0.25) is 4.79 Å². The summed E-state index contributed by atoms with van der Waals surface area (Å²) in [5.41, 5.74) is 1.86. The van der Waals surface area contributed by atoms with Crippen LogP contribution in [0.4, 0.5) is 0 Å². The highest BCUT2D eigenvalue weighted by Gasteiger charge is 2.33. The van der Waals surface area contributed by atoms with E-state index in [2.05, 4.69) is 25.6 Å². The number of rotatable bonds is 10. The molecule has 0 radical (unpaired) electrons. The minimum atomic E-state index is -1.42. The Labute approximate surface area is 242 Å². The molecule has 0 amide bonds. The molecule has 2 heterocycles. The highest BCUT2D eigenvalue weighted by molar-refractivity contribution is 7.99. The number of aromatic amines is 1. The Morgan fingerprint density at radius 2 is 1.68 bits per heavy atom. The Morgan fingerprint density at radius 3 is 2.27 bits per heavy atom. The topological polar surface area (TPSA) is 145 Å². The van der Waals surface area contributed by atoms with Gasteiger partial charge in [0.2, 0.25) is 12.6 Å². The lowest BCUT2D eigenvalue weighted by Gasteiger charge is -2.22. The van der Waals surface area contributed by atoms with Gasteiger partial charge in [0.25, 0.3) is 0 Å². The summed E-state index contributed by atoms with van der Waals surface area (Å²) in [4.78, 5) is 29.7. The van der Waals surface area contributed by atoms with Gasteiger partial charge in [-0.05, 0) is 62.3 Å². The number of carbonyl (C=O) groups is 2. The predicted molar refractivity (Wildman–Crippen MR) is 154 cm³/mol. The number of esters is 2. The van der Waals surface area contributed by atoms with Crippen LogP contribution in [0.25, 0.3) is 22.5 Å². The molecule has 0 saturated heterocycles. The van der Waals surface area contributed by atoms with Crippen molar-refractivity contribution in [1.82, 2.24) is 30.2 Å². The van der Waals surface area contributed by atoms with E-state index in [1.165, 1.54) is 11.8 Å². The fourth-order valence-electron chi connectivity index (χ4n) is 4.18. The largest absolute Gasteiger partial charge is 0.427 e. The van der Waals surface area contributed by atoms with Crippen LogP contribution in [0.1, 0.15) is 63.3 Å². The molecule has 2 aromatic heterocycles. The summed E-state index contributed by atoms with van der Waals surface area (Å²) in [6.07, 6.45) is 0. The van der Waals surface area contributed by atoms with Gasteiger partial charge in [-0.15, -0.1) is 10.2 Å². The van der Waals surface area contributed by atoms with E-state index >= 15 is 0 Å². The molecule has 2 N–H and O–H groups in total. The van der Waals surface area contributed by atoms with Gasteiger partial charge in [-0.2, -0.15) is 5.21 Å². The third-order valence-corrected chi connectivity index (χ3v) is 6.95. The number of nitrogens with zero attached hydrogens (tertiary/aromatic N) is 5. The molecule has 216 valence electrons. The average molecular weight is 579 g/mol. The number of tetrazole rings is 1. The fraction of sp³-hybridized carbons (Fsp3) is 0.379. The first-order chi connectivity index (χ1) is 19.4. The number of aromatic nitrogens is 6. The van der Waals surface area contributed by atoms with Crippen molar-refractivity contribution in [2.45, 2.75) is 58.8 Å². The summed E-state index contributed by atoms with van der Waals surface area (Å²) < 4.78 is 12.2.